The molecule has 0 saturated carbocycles. The lowest BCUT2D eigenvalue weighted by molar-refractivity contribution is -0.137. The first-order valence-corrected chi connectivity index (χ1v) is 12.9. The van der Waals surface area contributed by atoms with Crippen molar-refractivity contribution >= 4 is 42.3 Å². The Labute approximate surface area is 244 Å². The average molecular weight is 615 g/mol. The van der Waals surface area contributed by atoms with Gasteiger partial charge < -0.3 is 9.64 Å². The maximum Gasteiger partial charge on any atom is 0.416 e. The number of ether oxygens (including phenoxy) is 1. The molecule has 2 aliphatic rings. The second-order valence-electron chi connectivity index (χ2n) is 10.0. The minimum absolute atomic E-state index is 0. The quantitative estimate of drug-likeness (QED) is 0.385. The molecule has 3 atom stereocenters. The van der Waals surface area contributed by atoms with E-state index in [1.807, 2.05) is 12.1 Å². The summed E-state index contributed by atoms with van der Waals surface area (Å²) in [7, 11) is 0. The van der Waals surface area contributed by atoms with E-state index in [2.05, 4.69) is 23.6 Å². The fourth-order valence-corrected chi connectivity index (χ4v) is 5.38. The van der Waals surface area contributed by atoms with Gasteiger partial charge in [-0.2, -0.15) is 13.2 Å². The van der Waals surface area contributed by atoms with Gasteiger partial charge in [-0.05, 0) is 56.2 Å². The van der Waals surface area contributed by atoms with E-state index in [1.54, 1.807) is 17.0 Å². The predicted molar refractivity (Wildman–Crippen MR) is 149 cm³/mol. The Morgan fingerprint density at radius 3 is 2.18 bits per heavy atom. The molecule has 0 unspecified atom stereocenters. The zero-order valence-electron chi connectivity index (χ0n) is 21.8. The maximum atomic E-state index is 14.1. The number of amides is 1. The molecule has 1 amide bonds. The highest BCUT2D eigenvalue weighted by Gasteiger charge is 2.35. The van der Waals surface area contributed by atoms with Crippen LogP contribution in [0, 0.1) is 5.82 Å². The lowest BCUT2D eigenvalue weighted by Gasteiger charge is -2.43. The smallest absolute Gasteiger partial charge is 0.373 e. The third kappa shape index (κ3) is 9.20. The van der Waals surface area contributed by atoms with Crippen molar-refractivity contribution < 1.29 is 27.1 Å². The number of hydrogen-bond acceptors (Lipinski definition) is 4. The lowest BCUT2D eigenvalue weighted by atomic mass is 10.00. The van der Waals surface area contributed by atoms with Crippen molar-refractivity contribution in [3.8, 4) is 0 Å². The van der Waals surface area contributed by atoms with Crippen LogP contribution in [0.25, 0.3) is 0 Å². The molecule has 4 rings (SSSR count). The summed E-state index contributed by atoms with van der Waals surface area (Å²) in [6, 6.07) is 9.03. The van der Waals surface area contributed by atoms with Crippen molar-refractivity contribution in [2.75, 3.05) is 45.8 Å². The van der Waals surface area contributed by atoms with E-state index >= 15 is 0 Å². The van der Waals surface area contributed by atoms with E-state index in [0.717, 1.165) is 43.9 Å². The van der Waals surface area contributed by atoms with Crippen LogP contribution in [0.3, 0.4) is 0 Å². The molecule has 2 aliphatic heterocycles. The second kappa shape index (κ2) is 14.3. The molecule has 2 fully saturated rings. The third-order valence-electron chi connectivity index (χ3n) is 6.91. The Hall–Kier alpha value is -1.62. The van der Waals surface area contributed by atoms with Gasteiger partial charge in [0.15, 0.2) is 0 Å². The molecule has 218 valence electrons. The highest BCUT2D eigenvalue weighted by atomic mass is 35.5. The molecule has 39 heavy (non-hydrogen) atoms. The van der Waals surface area contributed by atoms with Gasteiger partial charge in [0.05, 0.1) is 17.8 Å². The predicted octanol–water partition coefficient (Wildman–Crippen LogP) is 5.82. The molecule has 12 heteroatoms. The normalized spacial score (nSPS) is 22.6. The standard InChI is InChI=1S/C27H32ClF4N3O2.2ClH/c1-18-15-34(16-19(2)37-18)8-7-33-9-10-35(25(17-33)11-20-3-5-23(28)6-4-20)26(36)21-12-22(27(30,31)32)14-24(29)13-21;;/h3-6,12-14,18-19,25H,7-11,15-17H2,1-2H3;2*1H/t18-,19+,25-;;/m1../s1. The summed E-state index contributed by atoms with van der Waals surface area (Å²) in [4.78, 5) is 19.6. The minimum atomic E-state index is -4.74. The first-order chi connectivity index (χ1) is 17.5. The Morgan fingerprint density at radius 2 is 1.56 bits per heavy atom. The lowest BCUT2D eigenvalue weighted by Crippen LogP contribution is -2.57. The summed E-state index contributed by atoms with van der Waals surface area (Å²) in [5.41, 5.74) is -0.504. The summed E-state index contributed by atoms with van der Waals surface area (Å²) in [6.07, 6.45) is -3.90. The highest BCUT2D eigenvalue weighted by Crippen LogP contribution is 2.31. The van der Waals surface area contributed by atoms with Gasteiger partial charge in [-0.15, -0.1) is 24.8 Å². The summed E-state index contributed by atoms with van der Waals surface area (Å²) in [5, 5.41) is 0.593. The van der Waals surface area contributed by atoms with E-state index < -0.39 is 23.5 Å². The molecule has 2 aromatic rings. The number of carbonyl (C=O) groups excluding carboxylic acids is 1. The van der Waals surface area contributed by atoms with E-state index in [4.69, 9.17) is 16.3 Å². The SMILES string of the molecule is C[C@@H]1CN(CCN2CCN(C(=O)c3cc(F)cc(C(F)(F)F)c3)[C@H](Cc3ccc(Cl)cc3)C2)C[C@H](C)O1.Cl.Cl. The van der Waals surface area contributed by atoms with Gasteiger partial charge in [0, 0.05) is 62.4 Å². The van der Waals surface area contributed by atoms with Crippen LogP contribution in [0.15, 0.2) is 42.5 Å². The number of benzene rings is 2. The van der Waals surface area contributed by atoms with Crippen LogP contribution in [-0.2, 0) is 17.3 Å². The van der Waals surface area contributed by atoms with Gasteiger partial charge in [-0.3, -0.25) is 14.6 Å². The monoisotopic (exact) mass is 613 g/mol. The number of halogens is 7. The molecular formula is C27H34Cl3F4N3O2. The molecule has 0 spiro atoms. The van der Waals surface area contributed by atoms with E-state index in [1.165, 1.54) is 0 Å². The topological polar surface area (TPSA) is 36.0 Å². The van der Waals surface area contributed by atoms with Crippen LogP contribution in [0.2, 0.25) is 5.02 Å². The van der Waals surface area contributed by atoms with Gasteiger partial charge in [0.1, 0.15) is 5.82 Å². The van der Waals surface area contributed by atoms with Crippen molar-refractivity contribution in [1.82, 2.24) is 14.7 Å². The number of carbonyl (C=O) groups is 1. The third-order valence-corrected chi connectivity index (χ3v) is 7.16. The number of alkyl halides is 3. The van der Waals surface area contributed by atoms with Crippen LogP contribution in [-0.4, -0.2) is 84.7 Å². The number of morpholine rings is 1. The number of piperazine rings is 1. The Bertz CT molecular complexity index is 1080. The van der Waals surface area contributed by atoms with Gasteiger partial charge in [-0.25, -0.2) is 4.39 Å². The molecule has 2 saturated heterocycles. The molecule has 2 aromatic carbocycles. The summed E-state index contributed by atoms with van der Waals surface area (Å²) >= 11 is 6.02. The molecule has 0 radical (unpaired) electrons. The number of hydrogen-bond donors (Lipinski definition) is 0. The summed E-state index contributed by atoms with van der Waals surface area (Å²) < 4.78 is 59.7. The summed E-state index contributed by atoms with van der Waals surface area (Å²) in [5.74, 6) is -1.68. The fraction of sp³-hybridized carbons (Fsp3) is 0.519. The molecule has 0 N–H and O–H groups in total. The van der Waals surface area contributed by atoms with E-state index in [0.29, 0.717) is 37.1 Å². The van der Waals surface area contributed by atoms with Crippen LogP contribution < -0.4 is 0 Å². The van der Waals surface area contributed by atoms with Crippen LogP contribution >= 0.6 is 36.4 Å². The van der Waals surface area contributed by atoms with Gasteiger partial charge in [-0.1, -0.05) is 23.7 Å². The second-order valence-corrected chi connectivity index (χ2v) is 10.5. The Balaban J connectivity index is 0.00000267. The molecule has 2 heterocycles. The van der Waals surface area contributed by atoms with E-state index in [9.17, 15) is 22.4 Å². The Morgan fingerprint density at radius 1 is 0.949 bits per heavy atom. The van der Waals surface area contributed by atoms with Gasteiger partial charge in [0.25, 0.3) is 5.91 Å². The van der Waals surface area contributed by atoms with Crippen molar-refractivity contribution in [2.24, 2.45) is 0 Å². The fourth-order valence-electron chi connectivity index (χ4n) is 5.25. The van der Waals surface area contributed by atoms with Crippen molar-refractivity contribution in [1.29, 1.82) is 0 Å². The molecule has 0 bridgehead atoms. The average Bonchev–Trinajstić information content (AvgIpc) is 2.82. The Kier molecular flexibility index (Phi) is 12.3. The van der Waals surface area contributed by atoms with Crippen LogP contribution in [0.4, 0.5) is 17.6 Å². The number of nitrogens with zero attached hydrogens (tertiary/aromatic N) is 3. The first-order valence-electron chi connectivity index (χ1n) is 12.5. The van der Waals surface area contributed by atoms with Gasteiger partial charge >= 0.3 is 6.18 Å². The zero-order valence-corrected chi connectivity index (χ0v) is 24.2. The van der Waals surface area contributed by atoms with Crippen molar-refractivity contribution in [2.45, 2.75) is 44.7 Å². The van der Waals surface area contributed by atoms with Crippen molar-refractivity contribution in [3.05, 3.63) is 70.0 Å². The first kappa shape index (κ1) is 33.6. The van der Waals surface area contributed by atoms with Crippen molar-refractivity contribution in [3.63, 3.8) is 0 Å². The van der Waals surface area contributed by atoms with Gasteiger partial charge in [0.2, 0.25) is 0 Å². The van der Waals surface area contributed by atoms with E-state index in [-0.39, 0.29) is 48.6 Å². The highest BCUT2D eigenvalue weighted by molar-refractivity contribution is 6.30. The largest absolute Gasteiger partial charge is 0.416 e. The van der Waals surface area contributed by atoms with Crippen LogP contribution in [0.1, 0.15) is 35.3 Å². The molecule has 0 aliphatic carbocycles. The number of rotatable bonds is 6. The molecule has 5 nitrogen and oxygen atoms in total. The maximum absolute atomic E-state index is 14.1. The summed E-state index contributed by atoms with van der Waals surface area (Å²) in [6.45, 7) is 8.99. The zero-order chi connectivity index (χ0) is 26.7. The van der Waals surface area contributed by atoms with Crippen LogP contribution in [0.5, 0.6) is 0 Å². The molecule has 0 aromatic heterocycles. The molecular weight excluding hydrogens is 581 g/mol. The minimum Gasteiger partial charge on any atom is -0.373 e.